The first-order valence-corrected chi connectivity index (χ1v) is 8.06. The third kappa shape index (κ3) is 4.29. The molecule has 0 aromatic heterocycles. The lowest BCUT2D eigenvalue weighted by molar-refractivity contribution is 0.722. The van der Waals surface area contributed by atoms with Gasteiger partial charge in [0.2, 0.25) is 0 Å². The Balaban J connectivity index is 2.06. The largest absolute Gasteiger partial charge is 0.356 e. The Bertz CT molecular complexity index is 617. The number of hydrogen-bond donors (Lipinski definition) is 2. The van der Waals surface area contributed by atoms with E-state index in [1.807, 2.05) is 18.2 Å². The summed E-state index contributed by atoms with van der Waals surface area (Å²) in [7, 11) is 0. The molecule has 0 spiro atoms. The Hall–Kier alpha value is -1.39. The third-order valence-electron chi connectivity index (χ3n) is 3.38. The summed E-state index contributed by atoms with van der Waals surface area (Å²) in [6.07, 6.45) is 0. The van der Waals surface area contributed by atoms with Crippen molar-refractivity contribution >= 4 is 38.9 Å². The molecule has 2 rings (SSSR count). The summed E-state index contributed by atoms with van der Waals surface area (Å²) in [6.45, 7) is 6.25. The number of aryl methyl sites for hydroxylation is 2. The smallest absolute Gasteiger partial charge is 0.171 e. The molecule has 2 nitrogen and oxygen atoms in total. The predicted molar refractivity (Wildman–Crippen MR) is 97.8 cm³/mol. The van der Waals surface area contributed by atoms with Crippen LogP contribution in [0.25, 0.3) is 0 Å². The van der Waals surface area contributed by atoms with E-state index < -0.39 is 0 Å². The van der Waals surface area contributed by atoms with Gasteiger partial charge in [-0.2, -0.15) is 0 Å². The molecule has 0 aliphatic carbocycles. The van der Waals surface area contributed by atoms with Crippen molar-refractivity contribution in [3.63, 3.8) is 0 Å². The average molecular weight is 363 g/mol. The molecule has 0 heterocycles. The SMILES string of the molecule is Cc1cc(Br)cc(C)c1NC(=S)N[C@H](C)c1ccccc1. The quantitative estimate of drug-likeness (QED) is 0.741. The lowest BCUT2D eigenvalue weighted by Gasteiger charge is -2.19. The van der Waals surface area contributed by atoms with Gasteiger partial charge < -0.3 is 10.6 Å². The van der Waals surface area contributed by atoms with Gasteiger partial charge in [0.15, 0.2) is 5.11 Å². The first-order chi connectivity index (χ1) is 9.97. The summed E-state index contributed by atoms with van der Waals surface area (Å²) in [4.78, 5) is 0. The molecule has 0 saturated heterocycles. The van der Waals surface area contributed by atoms with Crippen molar-refractivity contribution in [3.05, 3.63) is 63.6 Å². The highest BCUT2D eigenvalue weighted by Gasteiger charge is 2.09. The van der Waals surface area contributed by atoms with E-state index in [4.69, 9.17) is 12.2 Å². The summed E-state index contributed by atoms with van der Waals surface area (Å²) >= 11 is 8.94. The van der Waals surface area contributed by atoms with Crippen molar-refractivity contribution in [2.75, 3.05) is 5.32 Å². The maximum absolute atomic E-state index is 5.43. The number of hydrogen-bond acceptors (Lipinski definition) is 1. The van der Waals surface area contributed by atoms with E-state index in [0.717, 1.165) is 10.2 Å². The Labute approximate surface area is 140 Å². The van der Waals surface area contributed by atoms with Gasteiger partial charge in [-0.3, -0.25) is 0 Å². The van der Waals surface area contributed by atoms with Crippen LogP contribution in [0.2, 0.25) is 0 Å². The molecule has 110 valence electrons. The van der Waals surface area contributed by atoms with Gasteiger partial charge in [-0.1, -0.05) is 46.3 Å². The predicted octanol–water partition coefficient (Wildman–Crippen LogP) is 5.11. The molecule has 0 saturated carbocycles. The molecule has 0 radical (unpaired) electrons. The number of thiocarbonyl (C=S) groups is 1. The van der Waals surface area contributed by atoms with E-state index in [9.17, 15) is 0 Å². The minimum absolute atomic E-state index is 0.169. The molecule has 2 aromatic carbocycles. The van der Waals surface area contributed by atoms with Gasteiger partial charge in [-0.25, -0.2) is 0 Å². The van der Waals surface area contributed by atoms with Crippen LogP contribution in [0.15, 0.2) is 46.9 Å². The Morgan fingerprint density at radius 1 is 1.10 bits per heavy atom. The van der Waals surface area contributed by atoms with Crippen LogP contribution in [0.5, 0.6) is 0 Å². The Morgan fingerprint density at radius 3 is 2.24 bits per heavy atom. The van der Waals surface area contributed by atoms with Gasteiger partial charge in [0.25, 0.3) is 0 Å². The van der Waals surface area contributed by atoms with Crippen LogP contribution >= 0.6 is 28.1 Å². The van der Waals surface area contributed by atoms with E-state index in [2.05, 4.69) is 71.6 Å². The summed E-state index contributed by atoms with van der Waals surface area (Å²) in [5.41, 5.74) is 4.61. The van der Waals surface area contributed by atoms with Gasteiger partial charge in [-0.05, 0) is 61.8 Å². The lowest BCUT2D eigenvalue weighted by Crippen LogP contribution is -2.31. The van der Waals surface area contributed by atoms with Gasteiger partial charge in [0.1, 0.15) is 0 Å². The van der Waals surface area contributed by atoms with Crippen LogP contribution in [0, 0.1) is 13.8 Å². The second-order valence-electron chi connectivity index (χ2n) is 5.15. The molecule has 1 atom stereocenters. The highest BCUT2D eigenvalue weighted by atomic mass is 79.9. The third-order valence-corrected chi connectivity index (χ3v) is 4.06. The molecule has 2 N–H and O–H groups in total. The molecule has 0 aliphatic heterocycles. The number of halogens is 1. The molecule has 0 amide bonds. The normalized spacial score (nSPS) is 11.8. The average Bonchev–Trinajstić information content (AvgIpc) is 2.43. The number of nitrogens with one attached hydrogen (secondary N) is 2. The first kappa shape index (κ1) is 16.0. The Kier molecular flexibility index (Phi) is 5.37. The molecule has 21 heavy (non-hydrogen) atoms. The van der Waals surface area contributed by atoms with Gasteiger partial charge in [-0.15, -0.1) is 0 Å². The molecule has 4 heteroatoms. The van der Waals surface area contributed by atoms with E-state index in [1.54, 1.807) is 0 Å². The van der Waals surface area contributed by atoms with E-state index >= 15 is 0 Å². The van der Waals surface area contributed by atoms with Crippen LogP contribution in [-0.4, -0.2) is 5.11 Å². The lowest BCUT2D eigenvalue weighted by atomic mass is 10.1. The number of benzene rings is 2. The van der Waals surface area contributed by atoms with Crippen LogP contribution in [-0.2, 0) is 0 Å². The molecular weight excluding hydrogens is 344 g/mol. The van der Waals surface area contributed by atoms with Crippen LogP contribution in [0.3, 0.4) is 0 Å². The summed E-state index contributed by atoms with van der Waals surface area (Å²) in [5, 5.41) is 7.27. The van der Waals surface area contributed by atoms with Crippen molar-refractivity contribution < 1.29 is 0 Å². The maximum Gasteiger partial charge on any atom is 0.171 e. The van der Waals surface area contributed by atoms with Gasteiger partial charge in [0, 0.05) is 10.2 Å². The number of anilines is 1. The summed E-state index contributed by atoms with van der Waals surface area (Å²) in [5.74, 6) is 0. The zero-order valence-electron chi connectivity index (χ0n) is 12.4. The fourth-order valence-corrected chi connectivity index (χ4v) is 3.24. The molecular formula is C17H19BrN2S. The topological polar surface area (TPSA) is 24.1 Å². The number of rotatable bonds is 3. The molecule has 0 fully saturated rings. The molecule has 0 unspecified atom stereocenters. The molecule has 0 aliphatic rings. The van der Waals surface area contributed by atoms with E-state index in [0.29, 0.717) is 5.11 Å². The van der Waals surface area contributed by atoms with Crippen LogP contribution in [0.4, 0.5) is 5.69 Å². The fourth-order valence-electron chi connectivity index (χ4n) is 2.28. The van der Waals surface area contributed by atoms with Crippen molar-refractivity contribution in [3.8, 4) is 0 Å². The van der Waals surface area contributed by atoms with Crippen LogP contribution in [0.1, 0.15) is 29.7 Å². The Morgan fingerprint density at radius 2 is 1.67 bits per heavy atom. The van der Waals surface area contributed by atoms with Gasteiger partial charge >= 0.3 is 0 Å². The highest BCUT2D eigenvalue weighted by molar-refractivity contribution is 9.10. The van der Waals surface area contributed by atoms with Crippen LogP contribution < -0.4 is 10.6 Å². The second kappa shape index (κ2) is 7.05. The summed E-state index contributed by atoms with van der Waals surface area (Å²) < 4.78 is 1.08. The summed E-state index contributed by atoms with van der Waals surface area (Å²) in [6, 6.07) is 14.6. The van der Waals surface area contributed by atoms with Crippen molar-refractivity contribution in [1.82, 2.24) is 5.32 Å². The highest BCUT2D eigenvalue weighted by Crippen LogP contribution is 2.25. The fraction of sp³-hybridized carbons (Fsp3) is 0.235. The van der Waals surface area contributed by atoms with Crippen molar-refractivity contribution in [2.24, 2.45) is 0 Å². The van der Waals surface area contributed by atoms with Gasteiger partial charge in [0.05, 0.1) is 6.04 Å². The maximum atomic E-state index is 5.43. The zero-order valence-corrected chi connectivity index (χ0v) is 14.8. The second-order valence-corrected chi connectivity index (χ2v) is 6.47. The minimum Gasteiger partial charge on any atom is -0.356 e. The standard InChI is InChI=1S/C17H19BrN2S/c1-11-9-15(18)10-12(2)16(11)20-17(21)19-13(3)14-7-5-4-6-8-14/h4-10,13H,1-3H3,(H2,19,20,21)/t13-/m1/s1. The molecule has 2 aromatic rings. The first-order valence-electron chi connectivity index (χ1n) is 6.86. The monoisotopic (exact) mass is 362 g/mol. The van der Waals surface area contributed by atoms with E-state index in [1.165, 1.54) is 16.7 Å². The van der Waals surface area contributed by atoms with Crippen molar-refractivity contribution in [2.45, 2.75) is 26.8 Å². The molecule has 0 bridgehead atoms. The van der Waals surface area contributed by atoms with Crippen molar-refractivity contribution in [1.29, 1.82) is 0 Å². The zero-order chi connectivity index (χ0) is 15.4. The van der Waals surface area contributed by atoms with E-state index in [-0.39, 0.29) is 6.04 Å². The minimum atomic E-state index is 0.169.